The van der Waals surface area contributed by atoms with Crippen molar-refractivity contribution in [2.24, 2.45) is 0 Å². The molecule has 0 bridgehead atoms. The highest BCUT2D eigenvalue weighted by atomic mass is 19.4. The zero-order chi connectivity index (χ0) is 26.5. The fourth-order valence-corrected chi connectivity index (χ4v) is 4.35. The van der Waals surface area contributed by atoms with Crippen LogP contribution in [0.3, 0.4) is 0 Å². The second kappa shape index (κ2) is 9.04. The highest BCUT2D eigenvalue weighted by Gasteiger charge is 2.40. The van der Waals surface area contributed by atoms with Crippen LogP contribution < -0.4 is 5.32 Å². The van der Waals surface area contributed by atoms with E-state index in [9.17, 15) is 22.0 Å². The molecule has 5 rings (SSSR count). The van der Waals surface area contributed by atoms with Gasteiger partial charge in [0.15, 0.2) is 5.65 Å². The standard InChI is InChI=1S/C26H21F7N4/c1-14-10-16(4-6-18(14)15-2-3-15)22-13-35-24-21(34-9-8-25(29,30)31)12-23(36-37(22)24)26(32,33)19-11-17(27)5-7-20(19)28/h4-7,10-13,15,34H,2-3,8-9H2,1H3. The average Bonchev–Trinajstić information content (AvgIpc) is 3.57. The molecule has 194 valence electrons. The molecule has 2 aromatic heterocycles. The summed E-state index contributed by atoms with van der Waals surface area (Å²) >= 11 is 0. The Balaban J connectivity index is 1.64. The van der Waals surface area contributed by atoms with E-state index in [1.807, 2.05) is 19.1 Å². The molecule has 0 unspecified atom stereocenters. The number of nitrogens with zero attached hydrogens (tertiary/aromatic N) is 3. The lowest BCUT2D eigenvalue weighted by Crippen LogP contribution is -2.22. The van der Waals surface area contributed by atoms with Crippen LogP contribution in [-0.2, 0) is 5.92 Å². The number of aryl methyl sites for hydroxylation is 1. The third-order valence-electron chi connectivity index (χ3n) is 6.36. The van der Waals surface area contributed by atoms with Crippen molar-refractivity contribution in [3.05, 3.63) is 82.7 Å². The van der Waals surface area contributed by atoms with Crippen LogP contribution in [0.2, 0.25) is 0 Å². The van der Waals surface area contributed by atoms with Crippen LogP contribution >= 0.6 is 0 Å². The third-order valence-corrected chi connectivity index (χ3v) is 6.36. The van der Waals surface area contributed by atoms with Crippen molar-refractivity contribution in [2.45, 2.75) is 44.2 Å². The minimum atomic E-state index is -4.48. The molecule has 11 heteroatoms. The first-order valence-corrected chi connectivity index (χ1v) is 11.6. The molecular weight excluding hydrogens is 501 g/mol. The van der Waals surface area contributed by atoms with Gasteiger partial charge in [-0.1, -0.05) is 12.1 Å². The van der Waals surface area contributed by atoms with Gasteiger partial charge in [-0.15, -0.1) is 0 Å². The van der Waals surface area contributed by atoms with E-state index in [1.54, 1.807) is 6.07 Å². The van der Waals surface area contributed by atoms with Gasteiger partial charge in [0.1, 0.15) is 17.3 Å². The maximum Gasteiger partial charge on any atom is 0.390 e. The van der Waals surface area contributed by atoms with Crippen molar-refractivity contribution < 1.29 is 30.7 Å². The van der Waals surface area contributed by atoms with Crippen LogP contribution in [0.1, 0.15) is 47.6 Å². The van der Waals surface area contributed by atoms with E-state index in [1.165, 1.54) is 11.8 Å². The molecule has 4 nitrogen and oxygen atoms in total. The molecule has 2 heterocycles. The third kappa shape index (κ3) is 4.99. The quantitative estimate of drug-likeness (QED) is 0.258. The minimum Gasteiger partial charge on any atom is -0.382 e. The van der Waals surface area contributed by atoms with Crippen molar-refractivity contribution in [1.82, 2.24) is 14.6 Å². The fourth-order valence-electron chi connectivity index (χ4n) is 4.35. The maximum absolute atomic E-state index is 15.5. The lowest BCUT2D eigenvalue weighted by Gasteiger charge is -2.19. The second-order valence-electron chi connectivity index (χ2n) is 9.16. The number of halogens is 7. The fraction of sp³-hybridized carbons (Fsp3) is 0.308. The van der Waals surface area contributed by atoms with Gasteiger partial charge in [-0.2, -0.15) is 27.1 Å². The zero-order valence-electron chi connectivity index (χ0n) is 19.5. The molecule has 1 saturated carbocycles. The first-order valence-electron chi connectivity index (χ1n) is 11.6. The smallest absolute Gasteiger partial charge is 0.382 e. The van der Waals surface area contributed by atoms with Crippen LogP contribution in [0.4, 0.5) is 36.4 Å². The highest BCUT2D eigenvalue weighted by Crippen LogP contribution is 2.43. The SMILES string of the molecule is Cc1cc(-c2cnc3c(NCCC(F)(F)F)cc(C(F)(F)c4cc(F)ccc4F)nn23)ccc1C1CC1. The number of benzene rings is 2. The first kappa shape index (κ1) is 25.0. The van der Waals surface area contributed by atoms with Crippen LogP contribution in [-0.4, -0.2) is 27.3 Å². The number of aromatic nitrogens is 3. The zero-order valence-corrected chi connectivity index (χ0v) is 19.5. The number of nitrogens with one attached hydrogen (secondary N) is 1. The molecule has 0 atom stereocenters. The molecule has 4 aromatic rings. The van der Waals surface area contributed by atoms with Crippen LogP contribution in [0, 0.1) is 18.6 Å². The Morgan fingerprint density at radius 3 is 2.43 bits per heavy atom. The Morgan fingerprint density at radius 1 is 1.00 bits per heavy atom. The Bertz CT molecular complexity index is 1470. The molecule has 2 aromatic carbocycles. The second-order valence-corrected chi connectivity index (χ2v) is 9.16. The number of alkyl halides is 5. The van der Waals surface area contributed by atoms with Crippen molar-refractivity contribution in [1.29, 1.82) is 0 Å². The Labute approximate surface area is 207 Å². The van der Waals surface area contributed by atoms with E-state index in [-0.39, 0.29) is 11.3 Å². The van der Waals surface area contributed by atoms with Gasteiger partial charge in [0.05, 0.1) is 29.6 Å². The largest absolute Gasteiger partial charge is 0.390 e. The lowest BCUT2D eigenvalue weighted by molar-refractivity contribution is -0.131. The number of hydrogen-bond acceptors (Lipinski definition) is 3. The van der Waals surface area contributed by atoms with Gasteiger partial charge >= 0.3 is 12.1 Å². The van der Waals surface area contributed by atoms with Crippen molar-refractivity contribution in [2.75, 3.05) is 11.9 Å². The molecule has 0 saturated heterocycles. The van der Waals surface area contributed by atoms with E-state index < -0.39 is 48.0 Å². The molecule has 0 aliphatic heterocycles. The minimum absolute atomic E-state index is 0.0142. The van der Waals surface area contributed by atoms with Crippen LogP contribution in [0.5, 0.6) is 0 Å². The van der Waals surface area contributed by atoms with Crippen molar-refractivity contribution >= 4 is 11.3 Å². The summed E-state index contributed by atoms with van der Waals surface area (Å²) in [5, 5.41) is 6.50. The molecule has 37 heavy (non-hydrogen) atoms. The number of fused-ring (bicyclic) bond motifs is 1. The molecule has 1 fully saturated rings. The summed E-state index contributed by atoms with van der Waals surface area (Å²) < 4.78 is 98.3. The molecule has 1 N–H and O–H groups in total. The van der Waals surface area contributed by atoms with Crippen molar-refractivity contribution in [3.8, 4) is 11.3 Å². The van der Waals surface area contributed by atoms with E-state index in [4.69, 9.17) is 0 Å². The van der Waals surface area contributed by atoms with Gasteiger partial charge in [0, 0.05) is 12.1 Å². The summed E-state index contributed by atoms with van der Waals surface area (Å²) in [5.41, 5.74) is 0.757. The summed E-state index contributed by atoms with van der Waals surface area (Å²) in [7, 11) is 0. The maximum atomic E-state index is 15.5. The Kier molecular flexibility index (Phi) is 6.12. The van der Waals surface area contributed by atoms with Crippen LogP contribution in [0.15, 0.2) is 48.7 Å². The number of hydrogen-bond donors (Lipinski definition) is 1. The highest BCUT2D eigenvalue weighted by molar-refractivity contribution is 5.73. The Morgan fingerprint density at radius 2 is 1.76 bits per heavy atom. The van der Waals surface area contributed by atoms with Gasteiger partial charge in [-0.25, -0.2) is 18.3 Å². The summed E-state index contributed by atoms with van der Waals surface area (Å²) in [6.45, 7) is 1.32. The van der Waals surface area contributed by atoms with E-state index in [2.05, 4.69) is 15.4 Å². The van der Waals surface area contributed by atoms with E-state index in [0.717, 1.165) is 29.0 Å². The predicted molar refractivity (Wildman–Crippen MR) is 124 cm³/mol. The predicted octanol–water partition coefficient (Wildman–Crippen LogP) is 7.36. The van der Waals surface area contributed by atoms with E-state index >= 15 is 8.78 Å². The number of imidazole rings is 1. The molecule has 0 spiro atoms. The monoisotopic (exact) mass is 522 g/mol. The summed E-state index contributed by atoms with van der Waals surface area (Å²) in [6.07, 6.45) is -2.12. The lowest BCUT2D eigenvalue weighted by atomic mass is 10.0. The summed E-state index contributed by atoms with van der Waals surface area (Å²) in [5.74, 6) is -6.04. The van der Waals surface area contributed by atoms with Crippen molar-refractivity contribution in [3.63, 3.8) is 0 Å². The molecule has 1 aliphatic rings. The molecule has 1 aliphatic carbocycles. The molecule has 0 amide bonds. The molecular formula is C26H21F7N4. The number of rotatable bonds is 7. The van der Waals surface area contributed by atoms with Gasteiger partial charge in [0.2, 0.25) is 0 Å². The van der Waals surface area contributed by atoms with E-state index in [0.29, 0.717) is 35.4 Å². The van der Waals surface area contributed by atoms with Crippen LogP contribution in [0.25, 0.3) is 16.9 Å². The normalized spacial score (nSPS) is 14.4. The summed E-state index contributed by atoms with van der Waals surface area (Å²) in [6, 6.07) is 8.09. The molecule has 0 radical (unpaired) electrons. The van der Waals surface area contributed by atoms with Gasteiger partial charge in [-0.05, 0) is 67.1 Å². The summed E-state index contributed by atoms with van der Waals surface area (Å²) in [4.78, 5) is 4.21. The number of anilines is 1. The van der Waals surface area contributed by atoms with Gasteiger partial charge in [-0.3, -0.25) is 0 Å². The van der Waals surface area contributed by atoms with Gasteiger partial charge in [0.25, 0.3) is 0 Å². The average molecular weight is 522 g/mol. The Hall–Kier alpha value is -3.63. The van der Waals surface area contributed by atoms with Gasteiger partial charge < -0.3 is 5.32 Å². The topological polar surface area (TPSA) is 42.2 Å². The first-order chi connectivity index (χ1) is 17.4.